The van der Waals surface area contributed by atoms with Crippen molar-refractivity contribution < 1.29 is 9.53 Å². The smallest absolute Gasteiger partial charge is 0.264 e. The number of nitrogens with zero attached hydrogens (tertiary/aromatic N) is 1. The van der Waals surface area contributed by atoms with E-state index >= 15 is 0 Å². The lowest BCUT2D eigenvalue weighted by Gasteiger charge is -2.05. The van der Waals surface area contributed by atoms with Crippen LogP contribution in [0.4, 0.5) is 5.13 Å². The van der Waals surface area contributed by atoms with E-state index in [-0.39, 0.29) is 12.5 Å². The molecule has 0 atom stereocenters. The van der Waals surface area contributed by atoms with Crippen LogP contribution in [0.1, 0.15) is 16.1 Å². The Hall–Kier alpha value is -1.79. The Kier molecular flexibility index (Phi) is 6.60. The van der Waals surface area contributed by atoms with Crippen molar-refractivity contribution in [2.45, 2.75) is 13.3 Å². The minimum atomic E-state index is -0.278. The van der Waals surface area contributed by atoms with Gasteiger partial charge in [0.25, 0.3) is 5.91 Å². The third kappa shape index (κ3) is 5.59. The van der Waals surface area contributed by atoms with Crippen LogP contribution in [0.15, 0.2) is 42.5 Å². The number of aryl methyl sites for hydroxylation is 1. The van der Waals surface area contributed by atoms with Crippen molar-refractivity contribution in [2.75, 3.05) is 11.9 Å². The number of amides is 1. The maximum Gasteiger partial charge on any atom is 0.264 e. The van der Waals surface area contributed by atoms with Gasteiger partial charge in [0.05, 0.1) is 15.7 Å². The van der Waals surface area contributed by atoms with Gasteiger partial charge < -0.3 is 4.74 Å². The Bertz CT molecular complexity index is 958. The number of nitrogens with one attached hydrogen (secondary N) is 1. The maximum atomic E-state index is 12.1. The monoisotopic (exact) mass is 440 g/mol. The molecule has 0 fully saturated rings. The standard InChI is InChI=1S/C19H15Cl3N2O2S/c1-11-17(9-12-2-7-15(21)16(22)8-12)27-19(23-11)24-18(25)10-26-14-5-3-13(20)4-6-14/h2-8H,9-10H2,1H3,(H,23,24,25). The number of hydrogen-bond acceptors (Lipinski definition) is 4. The molecule has 0 saturated heterocycles. The molecule has 3 aromatic rings. The highest BCUT2D eigenvalue weighted by molar-refractivity contribution is 7.15. The first-order chi connectivity index (χ1) is 12.9. The molecule has 27 heavy (non-hydrogen) atoms. The van der Waals surface area contributed by atoms with Gasteiger partial charge in [0.2, 0.25) is 0 Å². The summed E-state index contributed by atoms with van der Waals surface area (Å²) in [5, 5.41) is 4.95. The Morgan fingerprint density at radius 3 is 2.56 bits per heavy atom. The number of carbonyl (C=O) groups is 1. The van der Waals surface area contributed by atoms with Crippen molar-refractivity contribution in [1.29, 1.82) is 0 Å². The topological polar surface area (TPSA) is 51.2 Å². The normalized spacial score (nSPS) is 10.7. The second kappa shape index (κ2) is 8.93. The molecule has 0 unspecified atom stereocenters. The predicted octanol–water partition coefficient (Wildman–Crippen LogP) is 6.02. The first kappa shape index (κ1) is 20.0. The summed E-state index contributed by atoms with van der Waals surface area (Å²) in [5.41, 5.74) is 1.89. The zero-order chi connectivity index (χ0) is 19.4. The van der Waals surface area contributed by atoms with E-state index in [4.69, 9.17) is 39.5 Å². The fourth-order valence-corrected chi connectivity index (χ4v) is 3.78. The highest BCUT2D eigenvalue weighted by atomic mass is 35.5. The molecule has 0 aliphatic heterocycles. The molecule has 1 aromatic heterocycles. The number of benzene rings is 2. The van der Waals surface area contributed by atoms with E-state index in [1.54, 1.807) is 30.3 Å². The van der Waals surface area contributed by atoms with Gasteiger partial charge in [-0.3, -0.25) is 10.1 Å². The average Bonchev–Trinajstić information content (AvgIpc) is 2.96. The van der Waals surface area contributed by atoms with Crippen molar-refractivity contribution in [3.63, 3.8) is 0 Å². The predicted molar refractivity (Wildman–Crippen MR) is 112 cm³/mol. The summed E-state index contributed by atoms with van der Waals surface area (Å²) in [6.45, 7) is 1.80. The minimum Gasteiger partial charge on any atom is -0.484 e. The molecule has 0 spiro atoms. The lowest BCUT2D eigenvalue weighted by Crippen LogP contribution is -2.20. The summed E-state index contributed by atoms with van der Waals surface area (Å²) in [4.78, 5) is 17.5. The molecule has 0 saturated carbocycles. The van der Waals surface area contributed by atoms with Gasteiger partial charge in [-0.1, -0.05) is 40.9 Å². The Labute approximate surface area is 176 Å². The third-order valence-corrected chi connectivity index (χ3v) is 5.74. The lowest BCUT2D eigenvalue weighted by molar-refractivity contribution is -0.118. The van der Waals surface area contributed by atoms with Gasteiger partial charge in [-0.05, 0) is 48.9 Å². The van der Waals surface area contributed by atoms with Gasteiger partial charge in [0.15, 0.2) is 11.7 Å². The summed E-state index contributed by atoms with van der Waals surface area (Å²) in [7, 11) is 0. The molecule has 0 bridgehead atoms. The molecule has 1 amide bonds. The first-order valence-electron chi connectivity index (χ1n) is 7.99. The van der Waals surface area contributed by atoms with Crippen LogP contribution in [0.25, 0.3) is 0 Å². The molecule has 3 rings (SSSR count). The van der Waals surface area contributed by atoms with E-state index in [0.717, 1.165) is 16.1 Å². The van der Waals surface area contributed by atoms with Crippen LogP contribution in [-0.2, 0) is 11.2 Å². The van der Waals surface area contributed by atoms with Gasteiger partial charge >= 0.3 is 0 Å². The maximum absolute atomic E-state index is 12.1. The van der Waals surface area contributed by atoms with Crippen LogP contribution in [0.5, 0.6) is 5.75 Å². The number of ether oxygens (including phenoxy) is 1. The van der Waals surface area contributed by atoms with Crippen LogP contribution >= 0.6 is 46.1 Å². The van der Waals surface area contributed by atoms with Gasteiger partial charge in [0.1, 0.15) is 5.75 Å². The number of aromatic nitrogens is 1. The average molecular weight is 442 g/mol. The molecule has 1 N–H and O–H groups in total. The second-order valence-corrected chi connectivity index (χ2v) is 8.08. The number of anilines is 1. The van der Waals surface area contributed by atoms with E-state index in [9.17, 15) is 4.79 Å². The van der Waals surface area contributed by atoms with Gasteiger partial charge in [-0.2, -0.15) is 0 Å². The summed E-state index contributed by atoms with van der Waals surface area (Å²) in [5.74, 6) is 0.296. The van der Waals surface area contributed by atoms with E-state index in [0.29, 0.717) is 32.4 Å². The molecule has 0 radical (unpaired) electrons. The number of rotatable bonds is 6. The quantitative estimate of drug-likeness (QED) is 0.509. The minimum absolute atomic E-state index is 0.109. The SMILES string of the molecule is Cc1nc(NC(=O)COc2ccc(Cl)cc2)sc1Cc1ccc(Cl)c(Cl)c1. The molecular weight excluding hydrogens is 427 g/mol. The van der Waals surface area contributed by atoms with Crippen molar-refractivity contribution in [1.82, 2.24) is 4.98 Å². The number of hydrogen-bond donors (Lipinski definition) is 1. The summed E-state index contributed by atoms with van der Waals surface area (Å²) >= 11 is 19.3. The van der Waals surface area contributed by atoms with Crippen molar-refractivity contribution in [2.24, 2.45) is 0 Å². The van der Waals surface area contributed by atoms with Gasteiger partial charge in [-0.15, -0.1) is 11.3 Å². The van der Waals surface area contributed by atoms with Crippen molar-refractivity contribution in [3.8, 4) is 5.75 Å². The summed E-state index contributed by atoms with van der Waals surface area (Å²) in [6.07, 6.45) is 0.664. The number of halogens is 3. The number of carbonyl (C=O) groups excluding carboxylic acids is 1. The van der Waals surface area contributed by atoms with E-state index in [2.05, 4.69) is 10.3 Å². The Balaban J connectivity index is 1.59. The van der Waals surface area contributed by atoms with E-state index in [1.165, 1.54) is 11.3 Å². The fraction of sp³-hybridized carbons (Fsp3) is 0.158. The Morgan fingerprint density at radius 1 is 1.11 bits per heavy atom. The highest BCUT2D eigenvalue weighted by Gasteiger charge is 2.12. The second-order valence-electron chi connectivity index (χ2n) is 5.74. The van der Waals surface area contributed by atoms with Crippen LogP contribution in [-0.4, -0.2) is 17.5 Å². The molecule has 1 heterocycles. The summed E-state index contributed by atoms with van der Waals surface area (Å²) < 4.78 is 5.43. The molecular formula is C19H15Cl3N2O2S. The Morgan fingerprint density at radius 2 is 1.85 bits per heavy atom. The summed E-state index contributed by atoms with van der Waals surface area (Å²) in [6, 6.07) is 12.3. The molecule has 8 heteroatoms. The molecule has 4 nitrogen and oxygen atoms in total. The molecule has 0 aliphatic carbocycles. The fourth-order valence-electron chi connectivity index (χ4n) is 2.32. The van der Waals surface area contributed by atoms with E-state index in [1.807, 2.05) is 19.1 Å². The largest absolute Gasteiger partial charge is 0.484 e. The van der Waals surface area contributed by atoms with Gasteiger partial charge in [-0.25, -0.2) is 4.98 Å². The molecule has 2 aromatic carbocycles. The molecule has 140 valence electrons. The van der Waals surface area contributed by atoms with Crippen LogP contribution in [0.3, 0.4) is 0 Å². The first-order valence-corrected chi connectivity index (χ1v) is 9.94. The van der Waals surface area contributed by atoms with Crippen molar-refractivity contribution in [3.05, 3.63) is 73.7 Å². The zero-order valence-corrected chi connectivity index (χ0v) is 17.3. The number of thiazole rings is 1. The lowest BCUT2D eigenvalue weighted by atomic mass is 10.1. The van der Waals surface area contributed by atoms with E-state index < -0.39 is 0 Å². The third-order valence-electron chi connectivity index (χ3n) is 3.67. The van der Waals surface area contributed by atoms with Crippen LogP contribution < -0.4 is 10.1 Å². The van der Waals surface area contributed by atoms with Crippen LogP contribution in [0, 0.1) is 6.92 Å². The van der Waals surface area contributed by atoms with Crippen molar-refractivity contribution >= 4 is 57.2 Å². The zero-order valence-electron chi connectivity index (χ0n) is 14.3. The molecule has 0 aliphatic rings. The van der Waals surface area contributed by atoms with Gasteiger partial charge in [0, 0.05) is 16.3 Å². The highest BCUT2D eigenvalue weighted by Crippen LogP contribution is 2.28. The van der Waals surface area contributed by atoms with Crippen LogP contribution in [0.2, 0.25) is 15.1 Å².